The third kappa shape index (κ3) is 3.39. The lowest BCUT2D eigenvalue weighted by molar-refractivity contribution is 0.103. The molecule has 0 spiro atoms. The van der Waals surface area contributed by atoms with Crippen molar-refractivity contribution in [2.24, 2.45) is 0 Å². The maximum Gasteiger partial charge on any atom is 0.193 e. The highest BCUT2D eigenvalue weighted by atomic mass is 32.1. The highest BCUT2D eigenvalue weighted by molar-refractivity contribution is 7.08. The standard InChI is InChI=1S/C18H21NO2S/c1-21-17-12-15(18(20)16-7-11-22-13-16)5-4-14(17)6-10-19-8-2-3-9-19/h4-5,7,11-13H,2-3,6,8-10H2,1H3. The predicted molar refractivity (Wildman–Crippen MR) is 90.1 cm³/mol. The zero-order valence-corrected chi connectivity index (χ0v) is 13.7. The van der Waals surface area contributed by atoms with Crippen molar-refractivity contribution in [3.05, 3.63) is 51.7 Å². The molecule has 1 aromatic carbocycles. The lowest BCUT2D eigenvalue weighted by Gasteiger charge is -2.16. The monoisotopic (exact) mass is 315 g/mol. The fourth-order valence-corrected chi connectivity index (χ4v) is 3.57. The SMILES string of the molecule is COc1cc(C(=O)c2ccsc2)ccc1CCN1CCCC1. The maximum absolute atomic E-state index is 12.4. The topological polar surface area (TPSA) is 29.5 Å². The fraction of sp³-hybridized carbons (Fsp3) is 0.389. The Bertz CT molecular complexity index is 631. The van der Waals surface area contributed by atoms with Crippen LogP contribution >= 0.6 is 11.3 Å². The van der Waals surface area contributed by atoms with Crippen LogP contribution in [-0.2, 0) is 6.42 Å². The number of hydrogen-bond donors (Lipinski definition) is 0. The minimum Gasteiger partial charge on any atom is -0.496 e. The summed E-state index contributed by atoms with van der Waals surface area (Å²) in [5.74, 6) is 0.880. The number of rotatable bonds is 6. The Morgan fingerprint density at radius 3 is 2.73 bits per heavy atom. The summed E-state index contributed by atoms with van der Waals surface area (Å²) in [5.41, 5.74) is 2.62. The zero-order valence-electron chi connectivity index (χ0n) is 12.9. The molecule has 3 nitrogen and oxygen atoms in total. The number of likely N-dealkylation sites (tertiary alicyclic amines) is 1. The van der Waals surface area contributed by atoms with Crippen LogP contribution in [0.1, 0.15) is 34.3 Å². The molecular weight excluding hydrogens is 294 g/mol. The van der Waals surface area contributed by atoms with Gasteiger partial charge in [0, 0.05) is 23.1 Å². The molecule has 2 heterocycles. The smallest absolute Gasteiger partial charge is 0.193 e. The molecule has 2 aromatic rings. The summed E-state index contributed by atoms with van der Waals surface area (Å²) < 4.78 is 5.50. The molecule has 22 heavy (non-hydrogen) atoms. The molecule has 0 aliphatic carbocycles. The third-order valence-electron chi connectivity index (χ3n) is 4.23. The van der Waals surface area contributed by atoms with Crippen LogP contribution < -0.4 is 4.74 Å². The van der Waals surface area contributed by atoms with Gasteiger partial charge in [-0.05, 0) is 55.4 Å². The average molecular weight is 315 g/mol. The third-order valence-corrected chi connectivity index (χ3v) is 4.91. The number of hydrogen-bond acceptors (Lipinski definition) is 4. The van der Waals surface area contributed by atoms with Gasteiger partial charge >= 0.3 is 0 Å². The van der Waals surface area contributed by atoms with Gasteiger partial charge in [0.25, 0.3) is 0 Å². The molecule has 1 aliphatic rings. The highest BCUT2D eigenvalue weighted by Crippen LogP contribution is 2.24. The van der Waals surface area contributed by atoms with Gasteiger partial charge in [0.2, 0.25) is 0 Å². The molecule has 0 radical (unpaired) electrons. The molecule has 4 heteroatoms. The lowest BCUT2D eigenvalue weighted by Crippen LogP contribution is -2.22. The average Bonchev–Trinajstić information content (AvgIpc) is 3.25. The Balaban J connectivity index is 1.73. The molecule has 116 valence electrons. The Hall–Kier alpha value is -1.65. The van der Waals surface area contributed by atoms with Crippen molar-refractivity contribution in [1.82, 2.24) is 4.90 Å². The Labute approximate surface area is 135 Å². The first-order valence-corrected chi connectivity index (χ1v) is 8.68. The van der Waals surface area contributed by atoms with Crippen LogP contribution in [0.15, 0.2) is 35.0 Å². The van der Waals surface area contributed by atoms with Crippen LogP contribution in [0.3, 0.4) is 0 Å². The van der Waals surface area contributed by atoms with Crippen LogP contribution in [0.2, 0.25) is 0 Å². The van der Waals surface area contributed by atoms with Crippen molar-refractivity contribution in [2.75, 3.05) is 26.7 Å². The molecule has 1 aliphatic heterocycles. The molecule has 0 bridgehead atoms. The summed E-state index contributed by atoms with van der Waals surface area (Å²) in [7, 11) is 1.67. The molecule has 1 fully saturated rings. The number of nitrogens with zero attached hydrogens (tertiary/aromatic N) is 1. The number of carbonyl (C=O) groups is 1. The molecule has 0 atom stereocenters. The van der Waals surface area contributed by atoms with Crippen LogP contribution in [0, 0.1) is 0 Å². The van der Waals surface area contributed by atoms with Crippen molar-refractivity contribution in [3.63, 3.8) is 0 Å². The van der Waals surface area contributed by atoms with Crippen molar-refractivity contribution in [3.8, 4) is 5.75 Å². The van der Waals surface area contributed by atoms with E-state index in [1.165, 1.54) is 31.5 Å². The summed E-state index contributed by atoms with van der Waals surface area (Å²) >= 11 is 1.54. The molecule has 3 rings (SSSR count). The van der Waals surface area contributed by atoms with Crippen molar-refractivity contribution in [2.45, 2.75) is 19.3 Å². The van der Waals surface area contributed by atoms with Crippen LogP contribution in [-0.4, -0.2) is 37.4 Å². The normalized spacial score (nSPS) is 15.1. The lowest BCUT2D eigenvalue weighted by atomic mass is 10.0. The van der Waals surface area contributed by atoms with Crippen molar-refractivity contribution >= 4 is 17.1 Å². The van der Waals surface area contributed by atoms with E-state index >= 15 is 0 Å². The second kappa shape index (κ2) is 7.07. The van der Waals surface area contributed by atoms with Crippen molar-refractivity contribution in [1.29, 1.82) is 0 Å². The number of benzene rings is 1. The molecule has 0 saturated carbocycles. The van der Waals surface area contributed by atoms with Gasteiger partial charge in [-0.1, -0.05) is 12.1 Å². The number of carbonyl (C=O) groups excluding carboxylic acids is 1. The first-order valence-electron chi connectivity index (χ1n) is 7.74. The Morgan fingerprint density at radius 2 is 2.05 bits per heavy atom. The van der Waals surface area contributed by atoms with Gasteiger partial charge < -0.3 is 9.64 Å². The van der Waals surface area contributed by atoms with Crippen LogP contribution in [0.4, 0.5) is 0 Å². The minimum atomic E-state index is 0.0608. The second-order valence-corrected chi connectivity index (χ2v) is 6.45. The van der Waals surface area contributed by atoms with E-state index in [9.17, 15) is 4.79 Å². The Kier molecular flexibility index (Phi) is 4.90. The number of methoxy groups -OCH3 is 1. The second-order valence-electron chi connectivity index (χ2n) is 5.67. The molecule has 0 N–H and O–H groups in total. The summed E-state index contributed by atoms with van der Waals surface area (Å²) in [6.45, 7) is 3.47. The van der Waals surface area contributed by atoms with Crippen molar-refractivity contribution < 1.29 is 9.53 Å². The van der Waals surface area contributed by atoms with Crippen LogP contribution in [0.5, 0.6) is 5.75 Å². The quantitative estimate of drug-likeness (QED) is 0.763. The van der Waals surface area contributed by atoms with Gasteiger partial charge in [0.1, 0.15) is 5.75 Å². The maximum atomic E-state index is 12.4. The summed E-state index contributed by atoms with van der Waals surface area (Å²) in [6.07, 6.45) is 3.59. The van der Waals surface area contributed by atoms with Gasteiger partial charge in [-0.25, -0.2) is 0 Å². The molecule has 0 amide bonds. The zero-order chi connectivity index (χ0) is 15.4. The number of ketones is 1. The molecule has 0 unspecified atom stereocenters. The fourth-order valence-electron chi connectivity index (χ4n) is 2.94. The van der Waals surface area contributed by atoms with E-state index in [4.69, 9.17) is 4.74 Å². The van der Waals surface area contributed by atoms with E-state index < -0.39 is 0 Å². The number of thiophene rings is 1. The van der Waals surface area contributed by atoms with E-state index in [0.29, 0.717) is 5.56 Å². The minimum absolute atomic E-state index is 0.0608. The van der Waals surface area contributed by atoms with E-state index in [-0.39, 0.29) is 5.78 Å². The first kappa shape index (κ1) is 15.3. The Morgan fingerprint density at radius 1 is 1.23 bits per heavy atom. The van der Waals surface area contributed by atoms with E-state index in [2.05, 4.69) is 4.90 Å². The largest absolute Gasteiger partial charge is 0.496 e. The summed E-state index contributed by atoms with van der Waals surface area (Å²) in [4.78, 5) is 14.9. The summed E-state index contributed by atoms with van der Waals surface area (Å²) in [6, 6.07) is 7.69. The van der Waals surface area contributed by atoms with E-state index in [1.54, 1.807) is 18.4 Å². The summed E-state index contributed by atoms with van der Waals surface area (Å²) in [5, 5.41) is 3.81. The van der Waals surface area contributed by atoms with Crippen LogP contribution in [0.25, 0.3) is 0 Å². The first-order chi connectivity index (χ1) is 10.8. The highest BCUT2D eigenvalue weighted by Gasteiger charge is 2.15. The molecule has 1 saturated heterocycles. The van der Waals surface area contributed by atoms with Gasteiger partial charge in [-0.15, -0.1) is 0 Å². The van der Waals surface area contributed by atoms with Gasteiger partial charge in [0.05, 0.1) is 7.11 Å². The van der Waals surface area contributed by atoms with Gasteiger partial charge in [-0.3, -0.25) is 4.79 Å². The molecule has 1 aromatic heterocycles. The number of ether oxygens (including phenoxy) is 1. The molecular formula is C18H21NO2S. The van der Waals surface area contributed by atoms with E-state index in [1.807, 2.05) is 35.0 Å². The van der Waals surface area contributed by atoms with Gasteiger partial charge in [-0.2, -0.15) is 11.3 Å². The van der Waals surface area contributed by atoms with E-state index in [0.717, 1.165) is 24.3 Å². The predicted octanol–water partition coefficient (Wildman–Crippen LogP) is 3.63. The van der Waals surface area contributed by atoms with Gasteiger partial charge in [0.15, 0.2) is 5.78 Å².